The van der Waals surface area contributed by atoms with Crippen molar-refractivity contribution in [2.24, 2.45) is 0 Å². The van der Waals surface area contributed by atoms with Crippen molar-refractivity contribution in [1.29, 1.82) is 0 Å². The Bertz CT molecular complexity index is 1060. The molecule has 0 unspecified atom stereocenters. The van der Waals surface area contributed by atoms with Gasteiger partial charge in [-0.2, -0.15) is 0 Å². The van der Waals surface area contributed by atoms with Gasteiger partial charge in [-0.3, -0.25) is 9.59 Å². The second kappa shape index (κ2) is 9.35. The second-order valence-corrected chi connectivity index (χ2v) is 8.98. The van der Waals surface area contributed by atoms with Crippen LogP contribution in [0.25, 0.3) is 5.57 Å². The SMILES string of the molecule is CC(C)Oc1ccc(N2C(=O)C(c3ccc(F)cc3)=C(N(C)C3CCN(C)CC3)C2=O)cc1. The first-order valence-corrected chi connectivity index (χ1v) is 11.3. The number of likely N-dealkylation sites (tertiary alicyclic amines) is 1. The van der Waals surface area contributed by atoms with Crippen molar-refractivity contribution in [3.8, 4) is 5.75 Å². The Labute approximate surface area is 194 Å². The van der Waals surface area contributed by atoms with Crippen LogP contribution in [0.15, 0.2) is 54.2 Å². The summed E-state index contributed by atoms with van der Waals surface area (Å²) in [4.78, 5) is 32.7. The summed E-state index contributed by atoms with van der Waals surface area (Å²) in [7, 11) is 3.96. The maximum absolute atomic E-state index is 13.7. The van der Waals surface area contributed by atoms with E-state index in [9.17, 15) is 14.0 Å². The minimum absolute atomic E-state index is 0.0208. The first kappa shape index (κ1) is 23.0. The zero-order chi connectivity index (χ0) is 23.7. The highest BCUT2D eigenvalue weighted by Crippen LogP contribution is 2.36. The smallest absolute Gasteiger partial charge is 0.282 e. The van der Waals surface area contributed by atoms with Gasteiger partial charge in [-0.25, -0.2) is 9.29 Å². The Morgan fingerprint density at radius 2 is 1.58 bits per heavy atom. The summed E-state index contributed by atoms with van der Waals surface area (Å²) in [6.07, 6.45) is 1.82. The molecule has 0 bridgehead atoms. The van der Waals surface area contributed by atoms with E-state index in [2.05, 4.69) is 11.9 Å². The topological polar surface area (TPSA) is 53.1 Å². The number of carbonyl (C=O) groups is 2. The van der Waals surface area contributed by atoms with Crippen molar-refractivity contribution in [3.63, 3.8) is 0 Å². The highest BCUT2D eigenvalue weighted by Gasteiger charge is 2.43. The minimum atomic E-state index is -0.404. The van der Waals surface area contributed by atoms with Crippen LogP contribution < -0.4 is 9.64 Å². The van der Waals surface area contributed by atoms with E-state index in [1.54, 1.807) is 36.4 Å². The molecule has 1 fully saturated rings. The highest BCUT2D eigenvalue weighted by molar-refractivity contribution is 6.45. The maximum Gasteiger partial charge on any atom is 0.282 e. The van der Waals surface area contributed by atoms with Gasteiger partial charge in [-0.1, -0.05) is 12.1 Å². The largest absolute Gasteiger partial charge is 0.491 e. The van der Waals surface area contributed by atoms with Crippen LogP contribution in [0.5, 0.6) is 5.75 Å². The molecule has 2 amide bonds. The van der Waals surface area contributed by atoms with Gasteiger partial charge in [0, 0.05) is 13.1 Å². The third-order valence-electron chi connectivity index (χ3n) is 6.25. The number of halogens is 1. The van der Waals surface area contributed by atoms with E-state index in [1.807, 2.05) is 25.8 Å². The molecule has 2 aromatic carbocycles. The third kappa shape index (κ3) is 4.64. The average molecular weight is 452 g/mol. The molecule has 7 heteroatoms. The molecule has 0 spiro atoms. The summed E-state index contributed by atoms with van der Waals surface area (Å²) in [5.74, 6) is -0.487. The third-order valence-corrected chi connectivity index (χ3v) is 6.25. The predicted octanol–water partition coefficient (Wildman–Crippen LogP) is 3.92. The summed E-state index contributed by atoms with van der Waals surface area (Å²) >= 11 is 0. The molecule has 0 aromatic heterocycles. The van der Waals surface area contributed by atoms with E-state index in [0.717, 1.165) is 25.9 Å². The number of ether oxygens (including phenoxy) is 1. The average Bonchev–Trinajstić information content (AvgIpc) is 3.04. The van der Waals surface area contributed by atoms with E-state index in [0.29, 0.717) is 28.3 Å². The quantitative estimate of drug-likeness (QED) is 0.623. The van der Waals surface area contributed by atoms with Crippen LogP contribution in [0, 0.1) is 5.82 Å². The molecule has 1 saturated heterocycles. The summed E-state index contributed by atoms with van der Waals surface area (Å²) < 4.78 is 19.3. The molecular weight excluding hydrogens is 421 g/mol. The van der Waals surface area contributed by atoms with Crippen LogP contribution in [0.4, 0.5) is 10.1 Å². The van der Waals surface area contributed by atoms with Gasteiger partial charge < -0.3 is 14.5 Å². The van der Waals surface area contributed by atoms with Crippen LogP contribution in [-0.4, -0.2) is 60.9 Å². The van der Waals surface area contributed by atoms with E-state index in [-0.39, 0.29) is 23.9 Å². The number of piperidine rings is 1. The summed E-state index contributed by atoms with van der Waals surface area (Å²) in [6, 6.07) is 12.8. The maximum atomic E-state index is 13.7. The van der Waals surface area contributed by atoms with Crippen molar-refractivity contribution in [2.75, 3.05) is 32.1 Å². The number of rotatable bonds is 6. The number of anilines is 1. The lowest BCUT2D eigenvalue weighted by Gasteiger charge is -2.36. The van der Waals surface area contributed by atoms with Crippen molar-refractivity contribution >= 4 is 23.1 Å². The van der Waals surface area contributed by atoms with Crippen LogP contribution in [0.1, 0.15) is 32.3 Å². The fourth-order valence-corrected chi connectivity index (χ4v) is 4.47. The lowest BCUT2D eigenvalue weighted by atomic mass is 10.00. The highest BCUT2D eigenvalue weighted by atomic mass is 19.1. The number of amides is 2. The Morgan fingerprint density at radius 1 is 0.970 bits per heavy atom. The Hall–Kier alpha value is -3.19. The zero-order valence-corrected chi connectivity index (χ0v) is 19.5. The monoisotopic (exact) mass is 451 g/mol. The lowest BCUT2D eigenvalue weighted by Crippen LogP contribution is -2.43. The molecule has 0 atom stereocenters. The van der Waals surface area contributed by atoms with Crippen LogP contribution in [0.3, 0.4) is 0 Å². The van der Waals surface area contributed by atoms with Gasteiger partial charge in [-0.15, -0.1) is 0 Å². The number of carbonyl (C=O) groups excluding carboxylic acids is 2. The number of likely N-dealkylation sites (N-methyl/N-ethyl adjacent to an activating group) is 1. The van der Waals surface area contributed by atoms with Gasteiger partial charge in [0.1, 0.15) is 17.3 Å². The predicted molar refractivity (Wildman–Crippen MR) is 126 cm³/mol. The van der Waals surface area contributed by atoms with Gasteiger partial charge in [-0.05, 0) is 88.8 Å². The number of hydrogen-bond acceptors (Lipinski definition) is 5. The Morgan fingerprint density at radius 3 is 2.15 bits per heavy atom. The van der Waals surface area contributed by atoms with E-state index in [1.165, 1.54) is 17.0 Å². The molecule has 2 aliphatic heterocycles. The molecule has 33 heavy (non-hydrogen) atoms. The molecule has 6 nitrogen and oxygen atoms in total. The van der Waals surface area contributed by atoms with Gasteiger partial charge in [0.25, 0.3) is 11.8 Å². The number of hydrogen-bond donors (Lipinski definition) is 0. The fraction of sp³-hybridized carbons (Fsp3) is 0.385. The minimum Gasteiger partial charge on any atom is -0.491 e. The Kier molecular flexibility index (Phi) is 6.51. The molecule has 0 saturated carbocycles. The van der Waals surface area contributed by atoms with E-state index in [4.69, 9.17) is 4.74 Å². The van der Waals surface area contributed by atoms with Gasteiger partial charge >= 0.3 is 0 Å². The second-order valence-electron chi connectivity index (χ2n) is 8.98. The molecule has 2 aliphatic rings. The van der Waals surface area contributed by atoms with Crippen molar-refractivity contribution in [1.82, 2.24) is 9.80 Å². The fourth-order valence-electron chi connectivity index (χ4n) is 4.47. The lowest BCUT2D eigenvalue weighted by molar-refractivity contribution is -0.120. The van der Waals surface area contributed by atoms with Gasteiger partial charge in [0.15, 0.2) is 0 Å². The van der Waals surface area contributed by atoms with Gasteiger partial charge in [0.2, 0.25) is 0 Å². The van der Waals surface area contributed by atoms with Crippen molar-refractivity contribution in [2.45, 2.75) is 38.8 Å². The van der Waals surface area contributed by atoms with E-state index < -0.39 is 5.91 Å². The van der Waals surface area contributed by atoms with Crippen molar-refractivity contribution < 1.29 is 18.7 Å². The molecule has 0 N–H and O–H groups in total. The normalized spacial score (nSPS) is 17.9. The van der Waals surface area contributed by atoms with Gasteiger partial charge in [0.05, 0.1) is 17.4 Å². The van der Waals surface area contributed by atoms with Crippen molar-refractivity contribution in [3.05, 3.63) is 65.6 Å². The van der Waals surface area contributed by atoms with Crippen LogP contribution >= 0.6 is 0 Å². The first-order chi connectivity index (χ1) is 15.8. The standard InChI is InChI=1S/C26H30FN3O3/c1-17(2)33-22-11-9-21(10-12-22)30-25(31)23(18-5-7-19(27)8-6-18)24(26(30)32)29(4)20-13-15-28(3)16-14-20/h5-12,17,20H,13-16H2,1-4H3. The molecule has 2 aromatic rings. The summed E-state index contributed by atoms with van der Waals surface area (Å²) in [5, 5.41) is 0. The number of imide groups is 1. The summed E-state index contributed by atoms with van der Waals surface area (Å²) in [5.41, 5.74) is 1.69. The van der Waals surface area contributed by atoms with Crippen LogP contribution in [-0.2, 0) is 9.59 Å². The van der Waals surface area contributed by atoms with E-state index >= 15 is 0 Å². The zero-order valence-electron chi connectivity index (χ0n) is 19.5. The molecule has 0 aliphatic carbocycles. The molecule has 4 rings (SSSR count). The Balaban J connectivity index is 1.72. The number of benzene rings is 2. The molecule has 2 heterocycles. The molecule has 174 valence electrons. The molecular formula is C26H30FN3O3. The molecule has 0 radical (unpaired) electrons. The summed E-state index contributed by atoms with van der Waals surface area (Å²) in [6.45, 7) is 5.73. The van der Waals surface area contributed by atoms with Crippen LogP contribution in [0.2, 0.25) is 0 Å². The first-order valence-electron chi connectivity index (χ1n) is 11.3. The number of nitrogens with zero attached hydrogens (tertiary/aromatic N) is 3.